The van der Waals surface area contributed by atoms with Gasteiger partial charge in [-0.2, -0.15) is 0 Å². The summed E-state index contributed by atoms with van der Waals surface area (Å²) in [6, 6.07) is 15.8. The highest BCUT2D eigenvalue weighted by Gasteiger charge is 2.22. The van der Waals surface area contributed by atoms with E-state index in [1.807, 2.05) is 92.6 Å². The van der Waals surface area contributed by atoms with Crippen molar-refractivity contribution in [2.24, 2.45) is 0 Å². The maximum Gasteiger partial charge on any atom is 0.251 e. The molecule has 170 valence electrons. The van der Waals surface area contributed by atoms with Crippen molar-refractivity contribution in [3.8, 4) is 0 Å². The molecule has 6 nitrogen and oxygen atoms in total. The first-order valence-corrected chi connectivity index (χ1v) is 11.4. The number of aryl methyl sites for hydroxylation is 2. The number of carbonyl (C=O) groups is 2. The van der Waals surface area contributed by atoms with Gasteiger partial charge in [0.25, 0.3) is 5.91 Å². The fourth-order valence-electron chi connectivity index (χ4n) is 4.25. The fourth-order valence-corrected chi connectivity index (χ4v) is 4.25. The minimum absolute atomic E-state index is 0.0590. The lowest BCUT2D eigenvalue weighted by Crippen LogP contribution is -2.43. The Kier molecular flexibility index (Phi) is 7.67. The third kappa shape index (κ3) is 5.36. The third-order valence-electron chi connectivity index (χ3n) is 5.68. The van der Waals surface area contributed by atoms with Crippen molar-refractivity contribution in [1.82, 2.24) is 19.8 Å². The summed E-state index contributed by atoms with van der Waals surface area (Å²) in [5.41, 5.74) is 3.52. The van der Waals surface area contributed by atoms with Gasteiger partial charge in [-0.05, 0) is 64.8 Å². The molecule has 0 atom stereocenters. The summed E-state index contributed by atoms with van der Waals surface area (Å²) >= 11 is 0. The summed E-state index contributed by atoms with van der Waals surface area (Å²) in [5, 5.41) is 3.00. The van der Waals surface area contributed by atoms with Gasteiger partial charge in [-0.1, -0.05) is 30.3 Å². The summed E-state index contributed by atoms with van der Waals surface area (Å²) in [7, 11) is 0. The number of fused-ring (bicyclic) bond motifs is 1. The molecule has 6 heteroatoms. The van der Waals surface area contributed by atoms with Gasteiger partial charge >= 0.3 is 0 Å². The summed E-state index contributed by atoms with van der Waals surface area (Å²) in [6.45, 7) is 10.9. The zero-order valence-corrected chi connectivity index (χ0v) is 19.8. The second kappa shape index (κ2) is 10.4. The first-order chi connectivity index (χ1) is 15.3. The molecule has 32 heavy (non-hydrogen) atoms. The topological polar surface area (TPSA) is 67.2 Å². The van der Waals surface area contributed by atoms with Gasteiger partial charge in [0.15, 0.2) is 0 Å². The van der Waals surface area contributed by atoms with Crippen LogP contribution in [0, 0.1) is 6.92 Å². The molecular weight excluding hydrogens is 400 g/mol. The van der Waals surface area contributed by atoms with E-state index in [9.17, 15) is 9.59 Å². The lowest BCUT2D eigenvalue weighted by atomic mass is 10.1. The average molecular weight is 435 g/mol. The molecule has 0 unspecified atom stereocenters. The Bertz CT molecular complexity index is 1080. The van der Waals surface area contributed by atoms with Crippen LogP contribution in [-0.4, -0.2) is 44.9 Å². The number of amides is 2. The molecule has 0 fully saturated rings. The van der Waals surface area contributed by atoms with Crippen LogP contribution in [0.4, 0.5) is 0 Å². The first-order valence-electron chi connectivity index (χ1n) is 11.4. The van der Waals surface area contributed by atoms with E-state index in [4.69, 9.17) is 4.98 Å². The van der Waals surface area contributed by atoms with Crippen LogP contribution < -0.4 is 5.32 Å². The molecule has 0 spiro atoms. The van der Waals surface area contributed by atoms with Crippen LogP contribution >= 0.6 is 0 Å². The number of benzene rings is 2. The molecule has 0 saturated heterocycles. The highest BCUT2D eigenvalue weighted by atomic mass is 16.2. The molecule has 0 aliphatic carbocycles. The molecule has 2 amide bonds. The van der Waals surface area contributed by atoms with Crippen LogP contribution in [0.3, 0.4) is 0 Å². The Balaban J connectivity index is 1.71. The number of hydrogen-bond acceptors (Lipinski definition) is 3. The summed E-state index contributed by atoms with van der Waals surface area (Å²) in [5.74, 6) is 0.903. The van der Waals surface area contributed by atoms with Crippen molar-refractivity contribution >= 4 is 22.8 Å². The van der Waals surface area contributed by atoms with Crippen LogP contribution in [0.2, 0.25) is 0 Å². The van der Waals surface area contributed by atoms with Crippen LogP contribution in [0.25, 0.3) is 11.0 Å². The number of hydrogen-bond donors (Lipinski definition) is 1. The number of nitrogens with zero attached hydrogens (tertiary/aromatic N) is 3. The Hall–Kier alpha value is -3.15. The average Bonchev–Trinajstić information content (AvgIpc) is 3.08. The zero-order chi connectivity index (χ0) is 23.3. The van der Waals surface area contributed by atoms with Gasteiger partial charge in [-0.3, -0.25) is 9.59 Å². The van der Waals surface area contributed by atoms with Gasteiger partial charge in [-0.25, -0.2) is 4.98 Å². The van der Waals surface area contributed by atoms with Crippen LogP contribution in [0.15, 0.2) is 48.5 Å². The molecule has 0 aliphatic rings. The standard InChI is InChI=1S/C26H34N4O2/c1-18(2)30(19(3)4)25(31)17-29-23-14-9-8-13-22(23)28-24(29)15-10-16-27-26(32)21-12-7-6-11-20(21)5/h6-9,11-14,18-19H,10,15-17H2,1-5H3,(H,27,32). The molecule has 0 saturated carbocycles. The highest BCUT2D eigenvalue weighted by molar-refractivity contribution is 5.95. The second-order valence-corrected chi connectivity index (χ2v) is 8.77. The lowest BCUT2D eigenvalue weighted by molar-refractivity contribution is -0.135. The molecule has 1 heterocycles. The van der Waals surface area contributed by atoms with Gasteiger partial charge in [-0.15, -0.1) is 0 Å². The van der Waals surface area contributed by atoms with Crippen molar-refractivity contribution in [2.45, 2.75) is 66.1 Å². The van der Waals surface area contributed by atoms with Gasteiger partial charge in [0.2, 0.25) is 5.91 Å². The molecule has 0 aliphatic heterocycles. The van der Waals surface area contributed by atoms with Gasteiger partial charge < -0.3 is 14.8 Å². The Labute approximate surface area is 190 Å². The van der Waals surface area contributed by atoms with Gasteiger partial charge in [0, 0.05) is 30.6 Å². The minimum atomic E-state index is -0.0590. The number of aromatic nitrogens is 2. The Morgan fingerprint density at radius 2 is 1.66 bits per heavy atom. The van der Waals surface area contributed by atoms with E-state index < -0.39 is 0 Å². The van der Waals surface area contributed by atoms with Crippen molar-refractivity contribution in [1.29, 1.82) is 0 Å². The fraction of sp³-hybridized carbons (Fsp3) is 0.423. The Morgan fingerprint density at radius 3 is 2.34 bits per heavy atom. The minimum Gasteiger partial charge on any atom is -0.352 e. The third-order valence-corrected chi connectivity index (χ3v) is 5.68. The molecule has 0 radical (unpaired) electrons. The second-order valence-electron chi connectivity index (χ2n) is 8.77. The molecule has 1 N–H and O–H groups in total. The number of nitrogens with one attached hydrogen (secondary N) is 1. The lowest BCUT2D eigenvalue weighted by Gasteiger charge is -2.31. The smallest absolute Gasteiger partial charge is 0.251 e. The van der Waals surface area contributed by atoms with E-state index in [0.29, 0.717) is 18.5 Å². The van der Waals surface area contributed by atoms with E-state index in [0.717, 1.165) is 28.8 Å². The van der Waals surface area contributed by atoms with E-state index in [1.165, 1.54) is 0 Å². The summed E-state index contributed by atoms with van der Waals surface area (Å²) < 4.78 is 2.03. The van der Waals surface area contributed by atoms with Crippen LogP contribution in [0.1, 0.15) is 55.9 Å². The molecule has 1 aromatic heterocycles. The molecule has 2 aromatic carbocycles. The van der Waals surface area contributed by atoms with E-state index in [2.05, 4.69) is 5.32 Å². The largest absolute Gasteiger partial charge is 0.352 e. The zero-order valence-electron chi connectivity index (χ0n) is 19.8. The maximum absolute atomic E-state index is 13.1. The number of imidazole rings is 1. The predicted octanol–water partition coefficient (Wildman–Crippen LogP) is 4.35. The number of rotatable bonds is 9. The number of para-hydroxylation sites is 2. The van der Waals surface area contributed by atoms with E-state index >= 15 is 0 Å². The van der Waals surface area contributed by atoms with E-state index in [-0.39, 0.29) is 30.4 Å². The van der Waals surface area contributed by atoms with Crippen LogP contribution in [0.5, 0.6) is 0 Å². The molecule has 0 bridgehead atoms. The summed E-state index contributed by atoms with van der Waals surface area (Å²) in [6.07, 6.45) is 1.42. The summed E-state index contributed by atoms with van der Waals surface area (Å²) in [4.78, 5) is 32.3. The van der Waals surface area contributed by atoms with Crippen LogP contribution in [-0.2, 0) is 17.8 Å². The van der Waals surface area contributed by atoms with Crippen molar-refractivity contribution in [3.63, 3.8) is 0 Å². The van der Waals surface area contributed by atoms with Crippen molar-refractivity contribution < 1.29 is 9.59 Å². The molecule has 3 aromatic rings. The number of carbonyl (C=O) groups excluding carboxylic acids is 2. The molecule has 3 rings (SSSR count). The van der Waals surface area contributed by atoms with Gasteiger partial charge in [0.05, 0.1) is 11.0 Å². The highest BCUT2D eigenvalue weighted by Crippen LogP contribution is 2.18. The van der Waals surface area contributed by atoms with Gasteiger partial charge in [0.1, 0.15) is 12.4 Å². The monoisotopic (exact) mass is 434 g/mol. The maximum atomic E-state index is 13.1. The van der Waals surface area contributed by atoms with Crippen molar-refractivity contribution in [2.75, 3.05) is 6.54 Å². The quantitative estimate of drug-likeness (QED) is 0.509. The Morgan fingerprint density at radius 1 is 1.00 bits per heavy atom. The van der Waals surface area contributed by atoms with Crippen molar-refractivity contribution in [3.05, 3.63) is 65.5 Å². The first kappa shape index (κ1) is 23.5. The predicted molar refractivity (Wildman–Crippen MR) is 129 cm³/mol. The van der Waals surface area contributed by atoms with E-state index in [1.54, 1.807) is 0 Å². The normalized spacial score (nSPS) is 11.3. The SMILES string of the molecule is Cc1ccccc1C(=O)NCCCc1nc2ccccc2n1CC(=O)N(C(C)C)C(C)C. The molecular formula is C26H34N4O2.